The van der Waals surface area contributed by atoms with Gasteiger partial charge in [0.15, 0.2) is 0 Å². The van der Waals surface area contributed by atoms with Crippen molar-refractivity contribution in [2.24, 2.45) is 0 Å². The normalized spacial score (nSPS) is 15.1. The Morgan fingerprint density at radius 1 is 0.800 bits per heavy atom. The van der Waals surface area contributed by atoms with Gasteiger partial charge >= 0.3 is 0 Å². The molecule has 0 saturated carbocycles. The maximum absolute atomic E-state index is 13.7. The van der Waals surface area contributed by atoms with Crippen LogP contribution < -0.4 is 0 Å². The lowest BCUT2D eigenvalue weighted by molar-refractivity contribution is 0.180. The molecule has 1 aliphatic rings. The van der Waals surface area contributed by atoms with Crippen molar-refractivity contribution >= 4 is 38.9 Å². The lowest BCUT2D eigenvalue weighted by atomic mass is 10.1. The van der Waals surface area contributed by atoms with Crippen molar-refractivity contribution in [1.82, 2.24) is 18.6 Å². The topological polar surface area (TPSA) is 57.9 Å². The Hall–Kier alpha value is -3.27. The van der Waals surface area contributed by atoms with Gasteiger partial charge in [-0.2, -0.15) is 4.31 Å². The van der Waals surface area contributed by atoms with Crippen LogP contribution in [0.2, 0.25) is 10.0 Å². The summed E-state index contributed by atoms with van der Waals surface area (Å²) in [4.78, 5) is 7.17. The van der Waals surface area contributed by atoms with Gasteiger partial charge in [-0.15, -0.1) is 0 Å². The molecule has 3 heterocycles. The van der Waals surface area contributed by atoms with Crippen LogP contribution in [-0.2, 0) is 16.6 Å². The van der Waals surface area contributed by atoms with Gasteiger partial charge in [0.05, 0.1) is 16.4 Å². The summed E-state index contributed by atoms with van der Waals surface area (Å²) in [6, 6.07) is 24.9. The predicted molar refractivity (Wildman–Crippen MR) is 157 cm³/mol. The number of pyridine rings is 1. The van der Waals surface area contributed by atoms with Crippen molar-refractivity contribution in [3.63, 3.8) is 0 Å². The minimum atomic E-state index is -3.76. The minimum Gasteiger partial charge on any atom is -0.301 e. The quantitative estimate of drug-likeness (QED) is 0.222. The van der Waals surface area contributed by atoms with E-state index >= 15 is 0 Å². The number of aromatic nitrogens is 2. The molecule has 1 aliphatic heterocycles. The number of hydrogen-bond donors (Lipinski definition) is 0. The molecule has 3 aromatic carbocycles. The van der Waals surface area contributed by atoms with E-state index in [0.717, 1.165) is 33.7 Å². The molecular formula is C30H25Cl2FN4O2S. The number of nitrogens with zero attached hydrogens (tertiary/aromatic N) is 4. The first kappa shape index (κ1) is 26.9. The molecule has 10 heteroatoms. The molecule has 5 aromatic rings. The molecular weight excluding hydrogens is 570 g/mol. The van der Waals surface area contributed by atoms with Crippen molar-refractivity contribution in [2.75, 3.05) is 26.2 Å². The van der Waals surface area contributed by atoms with Gasteiger partial charge in [-0.3, -0.25) is 4.90 Å². The molecule has 0 spiro atoms. The summed E-state index contributed by atoms with van der Waals surface area (Å²) >= 11 is 12.2. The van der Waals surface area contributed by atoms with Crippen LogP contribution in [0.15, 0.2) is 96.0 Å². The monoisotopic (exact) mass is 594 g/mol. The third-order valence-electron chi connectivity index (χ3n) is 7.16. The van der Waals surface area contributed by atoms with Gasteiger partial charge in [0.1, 0.15) is 16.4 Å². The summed E-state index contributed by atoms with van der Waals surface area (Å²) in [5.41, 5.74) is 5.47. The largest absolute Gasteiger partial charge is 0.301 e. The van der Waals surface area contributed by atoms with E-state index in [1.165, 1.54) is 34.6 Å². The summed E-state index contributed by atoms with van der Waals surface area (Å²) in [5, 5.41) is 0.494. The van der Waals surface area contributed by atoms with E-state index in [1.54, 1.807) is 12.1 Å². The molecule has 1 saturated heterocycles. The lowest BCUT2D eigenvalue weighted by Crippen LogP contribution is -2.48. The highest BCUT2D eigenvalue weighted by atomic mass is 35.5. The number of benzene rings is 3. The molecule has 0 atom stereocenters. The van der Waals surface area contributed by atoms with E-state index in [9.17, 15) is 12.8 Å². The average Bonchev–Trinajstić information content (AvgIpc) is 3.31. The highest BCUT2D eigenvalue weighted by molar-refractivity contribution is 7.89. The Labute approximate surface area is 242 Å². The zero-order valence-corrected chi connectivity index (χ0v) is 23.7. The molecule has 0 aliphatic carbocycles. The zero-order valence-electron chi connectivity index (χ0n) is 21.3. The highest BCUT2D eigenvalue weighted by Gasteiger charge is 2.31. The fraction of sp³-hybridized carbons (Fsp3) is 0.167. The fourth-order valence-electron chi connectivity index (χ4n) is 5.05. The van der Waals surface area contributed by atoms with Crippen LogP contribution in [0.3, 0.4) is 0 Å². The van der Waals surface area contributed by atoms with E-state index in [1.807, 2.05) is 30.3 Å². The van der Waals surface area contributed by atoms with Gasteiger partial charge in [-0.05, 0) is 65.7 Å². The molecule has 40 heavy (non-hydrogen) atoms. The summed E-state index contributed by atoms with van der Waals surface area (Å²) in [6.07, 6.45) is 2.07. The van der Waals surface area contributed by atoms with Gasteiger partial charge in [0.2, 0.25) is 10.0 Å². The summed E-state index contributed by atoms with van der Waals surface area (Å²) in [6.45, 7) is 2.23. The standard InChI is InChI=1S/C30H25Cl2FN4O2S/c31-24-9-12-28(26(32)18-24)40(38,39)36-16-14-35(15-17-36)20-27-30(22-6-10-25(33)11-7-22)34-29-13-8-23(19-37(27)29)21-4-2-1-3-5-21/h1-13,18-19H,14-17,20H2. The summed E-state index contributed by atoms with van der Waals surface area (Å²) < 4.78 is 43.8. The Kier molecular flexibility index (Phi) is 7.37. The zero-order chi connectivity index (χ0) is 27.9. The summed E-state index contributed by atoms with van der Waals surface area (Å²) in [5.74, 6) is -0.307. The second kappa shape index (κ2) is 11.0. The van der Waals surface area contributed by atoms with Gasteiger partial charge < -0.3 is 4.40 Å². The first-order valence-corrected chi connectivity index (χ1v) is 15.0. The smallest absolute Gasteiger partial charge is 0.244 e. The van der Waals surface area contributed by atoms with Gasteiger partial charge in [-0.1, -0.05) is 53.5 Å². The SMILES string of the molecule is O=S(=O)(c1ccc(Cl)cc1Cl)N1CCN(Cc2c(-c3ccc(F)cc3)nc3ccc(-c4ccccc4)cn23)CC1. The minimum absolute atomic E-state index is 0.0563. The molecule has 204 valence electrons. The van der Waals surface area contributed by atoms with E-state index in [4.69, 9.17) is 28.2 Å². The number of imidazole rings is 1. The number of hydrogen-bond acceptors (Lipinski definition) is 4. The van der Waals surface area contributed by atoms with E-state index in [2.05, 4.69) is 27.6 Å². The van der Waals surface area contributed by atoms with Crippen LogP contribution >= 0.6 is 23.2 Å². The number of rotatable bonds is 6. The van der Waals surface area contributed by atoms with Crippen molar-refractivity contribution in [1.29, 1.82) is 0 Å². The molecule has 1 fully saturated rings. The van der Waals surface area contributed by atoms with Crippen molar-refractivity contribution < 1.29 is 12.8 Å². The third kappa shape index (κ3) is 5.25. The fourth-order valence-corrected chi connectivity index (χ4v) is 7.22. The lowest BCUT2D eigenvalue weighted by Gasteiger charge is -2.34. The molecule has 0 amide bonds. The Morgan fingerprint density at radius 3 is 2.20 bits per heavy atom. The van der Waals surface area contributed by atoms with E-state index < -0.39 is 10.0 Å². The first-order valence-electron chi connectivity index (χ1n) is 12.8. The maximum atomic E-state index is 13.7. The second-order valence-electron chi connectivity index (χ2n) is 9.68. The number of halogens is 3. The van der Waals surface area contributed by atoms with Crippen LogP contribution in [0.5, 0.6) is 0 Å². The van der Waals surface area contributed by atoms with Crippen molar-refractivity contribution in [2.45, 2.75) is 11.4 Å². The number of sulfonamides is 1. The van der Waals surface area contributed by atoms with E-state index in [0.29, 0.717) is 37.7 Å². The molecule has 2 aromatic heterocycles. The number of fused-ring (bicyclic) bond motifs is 1. The Balaban J connectivity index is 1.30. The molecule has 0 N–H and O–H groups in total. The van der Waals surface area contributed by atoms with Crippen LogP contribution in [0.4, 0.5) is 4.39 Å². The third-order valence-corrected chi connectivity index (χ3v) is 9.78. The maximum Gasteiger partial charge on any atom is 0.244 e. The highest BCUT2D eigenvalue weighted by Crippen LogP contribution is 2.31. The average molecular weight is 596 g/mol. The first-order chi connectivity index (χ1) is 19.3. The van der Waals surface area contributed by atoms with Crippen molar-refractivity contribution in [3.8, 4) is 22.4 Å². The predicted octanol–water partition coefficient (Wildman–Crippen LogP) is 6.62. The van der Waals surface area contributed by atoms with E-state index in [-0.39, 0.29) is 15.7 Å². The van der Waals surface area contributed by atoms with Gasteiger partial charge in [0.25, 0.3) is 0 Å². The second-order valence-corrected chi connectivity index (χ2v) is 12.4. The Bertz CT molecular complexity index is 1790. The van der Waals surface area contributed by atoms with Crippen LogP contribution in [0.1, 0.15) is 5.69 Å². The summed E-state index contributed by atoms with van der Waals surface area (Å²) in [7, 11) is -3.76. The van der Waals surface area contributed by atoms with Gasteiger partial charge in [0, 0.05) is 49.5 Å². The Morgan fingerprint density at radius 2 is 1.50 bits per heavy atom. The number of piperazine rings is 1. The molecule has 0 bridgehead atoms. The van der Waals surface area contributed by atoms with Gasteiger partial charge in [-0.25, -0.2) is 17.8 Å². The molecule has 6 rings (SSSR count). The molecule has 0 radical (unpaired) electrons. The van der Waals surface area contributed by atoms with Crippen molar-refractivity contribution in [3.05, 3.63) is 113 Å². The van der Waals surface area contributed by atoms with Crippen LogP contribution in [-0.4, -0.2) is 53.2 Å². The van der Waals surface area contributed by atoms with Crippen LogP contribution in [0.25, 0.3) is 28.0 Å². The molecule has 6 nitrogen and oxygen atoms in total. The molecule has 0 unspecified atom stereocenters. The van der Waals surface area contributed by atoms with Crippen LogP contribution in [0, 0.1) is 5.82 Å².